The van der Waals surface area contributed by atoms with Crippen LogP contribution in [0.2, 0.25) is 0 Å². The summed E-state index contributed by atoms with van der Waals surface area (Å²) in [5.41, 5.74) is 0. The molecule has 0 aromatic heterocycles. The van der Waals surface area contributed by atoms with Crippen molar-refractivity contribution in [2.24, 2.45) is 11.8 Å². The molecule has 64 valence electrons. The standard InChI is InChI=1S/C10H19N/c1-11-10-4-2-3-9(7-10)8-5-6-8/h8-11H,2-7H2,1H3. The summed E-state index contributed by atoms with van der Waals surface area (Å²) in [6.07, 6.45) is 8.92. The van der Waals surface area contributed by atoms with E-state index < -0.39 is 0 Å². The van der Waals surface area contributed by atoms with Gasteiger partial charge in [0.25, 0.3) is 0 Å². The molecule has 0 aliphatic heterocycles. The summed E-state index contributed by atoms with van der Waals surface area (Å²) in [6, 6.07) is 0.842. The van der Waals surface area contributed by atoms with Crippen molar-refractivity contribution in [2.45, 2.75) is 44.6 Å². The molecule has 2 unspecified atom stereocenters. The van der Waals surface area contributed by atoms with E-state index in [1.807, 2.05) is 0 Å². The third kappa shape index (κ3) is 1.76. The molecule has 1 nitrogen and oxygen atoms in total. The minimum Gasteiger partial charge on any atom is -0.317 e. The van der Waals surface area contributed by atoms with Gasteiger partial charge in [0.15, 0.2) is 0 Å². The van der Waals surface area contributed by atoms with Crippen LogP contribution in [0.25, 0.3) is 0 Å². The Kier molecular flexibility index (Phi) is 2.17. The first-order valence-corrected chi connectivity index (χ1v) is 5.07. The molecule has 0 heterocycles. The Morgan fingerprint density at radius 3 is 2.45 bits per heavy atom. The monoisotopic (exact) mass is 153 g/mol. The minimum absolute atomic E-state index is 0.842. The van der Waals surface area contributed by atoms with Crippen LogP contribution in [0, 0.1) is 11.8 Å². The maximum atomic E-state index is 3.42. The zero-order valence-corrected chi connectivity index (χ0v) is 7.47. The van der Waals surface area contributed by atoms with E-state index in [4.69, 9.17) is 0 Å². The lowest BCUT2D eigenvalue weighted by molar-refractivity contribution is 0.270. The van der Waals surface area contributed by atoms with Gasteiger partial charge in [-0.25, -0.2) is 0 Å². The van der Waals surface area contributed by atoms with Crippen LogP contribution in [-0.4, -0.2) is 13.1 Å². The average molecular weight is 153 g/mol. The van der Waals surface area contributed by atoms with Gasteiger partial charge in [0.2, 0.25) is 0 Å². The van der Waals surface area contributed by atoms with Gasteiger partial charge < -0.3 is 5.32 Å². The van der Waals surface area contributed by atoms with E-state index in [0.29, 0.717) is 0 Å². The Balaban J connectivity index is 1.82. The van der Waals surface area contributed by atoms with Crippen LogP contribution in [-0.2, 0) is 0 Å². The van der Waals surface area contributed by atoms with Gasteiger partial charge in [-0.05, 0) is 44.6 Å². The summed E-state index contributed by atoms with van der Waals surface area (Å²) in [5.74, 6) is 2.22. The highest BCUT2D eigenvalue weighted by molar-refractivity contribution is 4.87. The molecule has 0 bridgehead atoms. The maximum Gasteiger partial charge on any atom is 0.00668 e. The first-order chi connectivity index (χ1) is 5.40. The molecule has 2 fully saturated rings. The van der Waals surface area contributed by atoms with E-state index in [0.717, 1.165) is 17.9 Å². The molecule has 0 amide bonds. The Bertz CT molecular complexity index is 129. The van der Waals surface area contributed by atoms with Crippen molar-refractivity contribution >= 4 is 0 Å². The van der Waals surface area contributed by atoms with E-state index in [9.17, 15) is 0 Å². The number of rotatable bonds is 2. The first kappa shape index (κ1) is 7.60. The van der Waals surface area contributed by atoms with Gasteiger partial charge in [0.1, 0.15) is 0 Å². The lowest BCUT2D eigenvalue weighted by Gasteiger charge is -2.28. The molecule has 0 radical (unpaired) electrons. The summed E-state index contributed by atoms with van der Waals surface area (Å²) >= 11 is 0. The molecule has 0 saturated heterocycles. The van der Waals surface area contributed by atoms with Crippen molar-refractivity contribution in [1.29, 1.82) is 0 Å². The second kappa shape index (κ2) is 3.14. The summed E-state index contributed by atoms with van der Waals surface area (Å²) in [4.78, 5) is 0. The number of hydrogen-bond donors (Lipinski definition) is 1. The molecule has 2 aliphatic carbocycles. The second-order valence-electron chi connectivity index (χ2n) is 4.25. The summed E-state index contributed by atoms with van der Waals surface area (Å²) in [7, 11) is 2.11. The Hall–Kier alpha value is -0.0400. The average Bonchev–Trinajstić information content (AvgIpc) is 2.87. The smallest absolute Gasteiger partial charge is 0.00668 e. The molecular formula is C10H19N. The molecule has 1 heteroatoms. The van der Waals surface area contributed by atoms with Crippen LogP contribution in [0.4, 0.5) is 0 Å². The van der Waals surface area contributed by atoms with Crippen molar-refractivity contribution in [1.82, 2.24) is 5.32 Å². The van der Waals surface area contributed by atoms with Crippen molar-refractivity contribution in [3.63, 3.8) is 0 Å². The number of nitrogens with one attached hydrogen (secondary N) is 1. The molecule has 11 heavy (non-hydrogen) atoms. The molecule has 2 rings (SSSR count). The normalized spacial score (nSPS) is 39.0. The van der Waals surface area contributed by atoms with Crippen LogP contribution in [0.1, 0.15) is 38.5 Å². The van der Waals surface area contributed by atoms with Gasteiger partial charge in [0, 0.05) is 6.04 Å². The number of hydrogen-bond acceptors (Lipinski definition) is 1. The summed E-state index contributed by atoms with van der Waals surface area (Å²) in [5, 5.41) is 3.42. The van der Waals surface area contributed by atoms with Crippen molar-refractivity contribution in [3.8, 4) is 0 Å². The molecule has 2 aliphatic rings. The molecular weight excluding hydrogens is 134 g/mol. The third-order valence-electron chi connectivity index (χ3n) is 3.41. The predicted octanol–water partition coefficient (Wildman–Crippen LogP) is 2.17. The van der Waals surface area contributed by atoms with Gasteiger partial charge in [-0.1, -0.05) is 12.8 Å². The zero-order chi connectivity index (χ0) is 7.68. The van der Waals surface area contributed by atoms with Gasteiger partial charge in [0.05, 0.1) is 0 Å². The second-order valence-corrected chi connectivity index (χ2v) is 4.25. The molecule has 2 saturated carbocycles. The lowest BCUT2D eigenvalue weighted by atomic mass is 9.83. The van der Waals surface area contributed by atoms with Crippen LogP contribution in [0.5, 0.6) is 0 Å². The SMILES string of the molecule is CNC1CCCC(C2CC2)C1. The fraction of sp³-hybridized carbons (Fsp3) is 1.00. The van der Waals surface area contributed by atoms with Crippen LogP contribution < -0.4 is 5.32 Å². The highest BCUT2D eigenvalue weighted by atomic mass is 14.9. The Morgan fingerprint density at radius 1 is 1.00 bits per heavy atom. The lowest BCUT2D eigenvalue weighted by Crippen LogP contribution is -2.31. The van der Waals surface area contributed by atoms with E-state index in [2.05, 4.69) is 12.4 Å². The van der Waals surface area contributed by atoms with Crippen molar-refractivity contribution < 1.29 is 0 Å². The fourth-order valence-electron chi connectivity index (χ4n) is 2.49. The van der Waals surface area contributed by atoms with Crippen LogP contribution in [0.15, 0.2) is 0 Å². The van der Waals surface area contributed by atoms with E-state index in [-0.39, 0.29) is 0 Å². The van der Waals surface area contributed by atoms with Crippen LogP contribution >= 0.6 is 0 Å². The Labute approximate surface area is 69.6 Å². The van der Waals surface area contributed by atoms with Gasteiger partial charge >= 0.3 is 0 Å². The first-order valence-electron chi connectivity index (χ1n) is 5.07. The van der Waals surface area contributed by atoms with Gasteiger partial charge in [-0.3, -0.25) is 0 Å². The topological polar surface area (TPSA) is 12.0 Å². The predicted molar refractivity (Wildman–Crippen MR) is 47.5 cm³/mol. The van der Waals surface area contributed by atoms with Crippen molar-refractivity contribution in [3.05, 3.63) is 0 Å². The summed E-state index contributed by atoms with van der Waals surface area (Å²) < 4.78 is 0. The fourth-order valence-corrected chi connectivity index (χ4v) is 2.49. The molecule has 2 atom stereocenters. The highest BCUT2D eigenvalue weighted by Crippen LogP contribution is 2.43. The van der Waals surface area contributed by atoms with E-state index >= 15 is 0 Å². The largest absolute Gasteiger partial charge is 0.317 e. The molecule has 0 aromatic rings. The summed E-state index contributed by atoms with van der Waals surface area (Å²) in [6.45, 7) is 0. The van der Waals surface area contributed by atoms with Gasteiger partial charge in [-0.15, -0.1) is 0 Å². The minimum atomic E-state index is 0.842. The molecule has 1 N–H and O–H groups in total. The van der Waals surface area contributed by atoms with Crippen LogP contribution in [0.3, 0.4) is 0 Å². The third-order valence-corrected chi connectivity index (χ3v) is 3.41. The zero-order valence-electron chi connectivity index (χ0n) is 7.47. The van der Waals surface area contributed by atoms with Gasteiger partial charge in [-0.2, -0.15) is 0 Å². The highest BCUT2D eigenvalue weighted by Gasteiger charge is 2.34. The maximum absolute atomic E-state index is 3.42. The Morgan fingerprint density at radius 2 is 1.82 bits per heavy atom. The molecule has 0 aromatic carbocycles. The van der Waals surface area contributed by atoms with Crippen molar-refractivity contribution in [2.75, 3.05) is 7.05 Å². The van der Waals surface area contributed by atoms with E-state index in [1.165, 1.54) is 38.5 Å². The van der Waals surface area contributed by atoms with E-state index in [1.54, 1.807) is 0 Å². The molecule has 0 spiro atoms. The quantitative estimate of drug-likeness (QED) is 0.641.